The summed E-state index contributed by atoms with van der Waals surface area (Å²) < 4.78 is 5.28. The number of aryl methyl sites for hydroxylation is 3. The first-order chi connectivity index (χ1) is 12.0. The Balaban J connectivity index is 1.84. The molecule has 5 heteroatoms. The van der Waals surface area contributed by atoms with Crippen molar-refractivity contribution in [2.24, 2.45) is 0 Å². The molecule has 0 fully saturated rings. The monoisotopic (exact) mass is 352 g/mol. The first-order valence-electron chi connectivity index (χ1n) is 8.19. The molecule has 1 aromatic heterocycles. The molecule has 0 bridgehead atoms. The third kappa shape index (κ3) is 3.72. The molecule has 0 aliphatic heterocycles. The number of thiocarbonyl (C=S) groups is 1. The van der Waals surface area contributed by atoms with Gasteiger partial charge in [0, 0.05) is 28.9 Å². The lowest BCUT2D eigenvalue weighted by Gasteiger charge is -2.16. The van der Waals surface area contributed by atoms with Gasteiger partial charge in [0.1, 0.15) is 5.58 Å². The Labute approximate surface area is 151 Å². The second-order valence-electron chi connectivity index (χ2n) is 6.00. The van der Waals surface area contributed by atoms with Crippen molar-refractivity contribution in [1.82, 2.24) is 0 Å². The van der Waals surface area contributed by atoms with Gasteiger partial charge in [-0.15, -0.1) is 0 Å². The second kappa shape index (κ2) is 7.07. The largest absolute Gasteiger partial charge is 0.423 e. The SMILES string of the molecule is CCc1cccc(C)c1NC(=S)Nc1ccc2c(C)cc(=O)oc2c1. The fourth-order valence-electron chi connectivity index (χ4n) is 2.88. The molecule has 0 radical (unpaired) electrons. The standard InChI is InChI=1S/C20H20N2O2S/c1-4-14-7-5-6-12(2)19(14)22-20(25)21-15-8-9-16-13(3)10-18(23)24-17(16)11-15/h5-11H,4H2,1-3H3,(H2,21,22,25). The highest BCUT2D eigenvalue weighted by Gasteiger charge is 2.08. The molecule has 4 nitrogen and oxygen atoms in total. The van der Waals surface area contributed by atoms with Crippen molar-refractivity contribution in [2.45, 2.75) is 27.2 Å². The van der Waals surface area contributed by atoms with E-state index in [-0.39, 0.29) is 5.63 Å². The van der Waals surface area contributed by atoms with Gasteiger partial charge in [-0.2, -0.15) is 0 Å². The average molecular weight is 352 g/mol. The average Bonchev–Trinajstić information content (AvgIpc) is 2.56. The molecule has 0 saturated carbocycles. The fraction of sp³-hybridized carbons (Fsp3) is 0.200. The first-order valence-corrected chi connectivity index (χ1v) is 8.59. The Kier molecular flexibility index (Phi) is 4.86. The van der Waals surface area contributed by atoms with E-state index in [1.54, 1.807) is 6.07 Å². The number of benzene rings is 2. The normalized spacial score (nSPS) is 10.7. The molecule has 0 atom stereocenters. The zero-order chi connectivity index (χ0) is 18.0. The van der Waals surface area contributed by atoms with Crippen molar-refractivity contribution >= 4 is 39.7 Å². The predicted octanol–water partition coefficient (Wildman–Crippen LogP) is 4.78. The van der Waals surface area contributed by atoms with E-state index >= 15 is 0 Å². The summed E-state index contributed by atoms with van der Waals surface area (Å²) in [6.45, 7) is 6.06. The molecule has 0 saturated heterocycles. The minimum absolute atomic E-state index is 0.352. The quantitative estimate of drug-likeness (QED) is 0.525. The van der Waals surface area contributed by atoms with E-state index in [0.717, 1.165) is 34.3 Å². The minimum atomic E-state index is -0.352. The first kappa shape index (κ1) is 17.2. The number of rotatable bonds is 3. The third-order valence-electron chi connectivity index (χ3n) is 4.19. The van der Waals surface area contributed by atoms with E-state index in [4.69, 9.17) is 16.6 Å². The molecule has 0 spiro atoms. The smallest absolute Gasteiger partial charge is 0.336 e. The highest BCUT2D eigenvalue weighted by molar-refractivity contribution is 7.80. The lowest BCUT2D eigenvalue weighted by molar-refractivity contribution is 0.560. The lowest BCUT2D eigenvalue weighted by atomic mass is 10.1. The summed E-state index contributed by atoms with van der Waals surface area (Å²) in [4.78, 5) is 11.6. The number of hydrogen-bond donors (Lipinski definition) is 2. The van der Waals surface area contributed by atoms with Crippen LogP contribution in [0.5, 0.6) is 0 Å². The van der Waals surface area contributed by atoms with Gasteiger partial charge in [0.25, 0.3) is 0 Å². The van der Waals surface area contributed by atoms with Gasteiger partial charge in [0.15, 0.2) is 5.11 Å². The molecule has 0 amide bonds. The molecule has 1 heterocycles. The molecule has 0 aliphatic rings. The number of nitrogens with one attached hydrogen (secondary N) is 2. The van der Waals surface area contributed by atoms with Gasteiger partial charge in [0.05, 0.1) is 0 Å². The summed E-state index contributed by atoms with van der Waals surface area (Å²) in [6.07, 6.45) is 0.924. The van der Waals surface area contributed by atoms with Crippen LogP contribution in [0.2, 0.25) is 0 Å². The van der Waals surface area contributed by atoms with Crippen molar-refractivity contribution in [2.75, 3.05) is 10.6 Å². The maximum atomic E-state index is 11.6. The van der Waals surface area contributed by atoms with Crippen LogP contribution in [-0.4, -0.2) is 5.11 Å². The van der Waals surface area contributed by atoms with E-state index < -0.39 is 0 Å². The third-order valence-corrected chi connectivity index (χ3v) is 4.39. The predicted molar refractivity (Wildman–Crippen MR) is 108 cm³/mol. The fourth-order valence-corrected chi connectivity index (χ4v) is 3.10. The van der Waals surface area contributed by atoms with Crippen molar-refractivity contribution in [3.8, 4) is 0 Å². The van der Waals surface area contributed by atoms with E-state index in [2.05, 4.69) is 36.6 Å². The second-order valence-corrected chi connectivity index (χ2v) is 6.41. The van der Waals surface area contributed by atoms with Crippen LogP contribution in [0, 0.1) is 13.8 Å². The van der Waals surface area contributed by atoms with Crippen LogP contribution >= 0.6 is 12.2 Å². The van der Waals surface area contributed by atoms with Gasteiger partial charge >= 0.3 is 5.63 Å². The van der Waals surface area contributed by atoms with Crippen molar-refractivity contribution in [3.05, 3.63) is 69.6 Å². The van der Waals surface area contributed by atoms with Gasteiger partial charge in [0.2, 0.25) is 0 Å². The molecule has 3 rings (SSSR count). The van der Waals surface area contributed by atoms with Gasteiger partial charge < -0.3 is 15.1 Å². The van der Waals surface area contributed by atoms with Crippen LogP contribution in [-0.2, 0) is 6.42 Å². The Bertz CT molecular complexity index is 1010. The highest BCUT2D eigenvalue weighted by atomic mass is 32.1. The zero-order valence-electron chi connectivity index (χ0n) is 14.5. The van der Waals surface area contributed by atoms with Crippen LogP contribution in [0.15, 0.2) is 51.7 Å². The summed E-state index contributed by atoms with van der Waals surface area (Å²) in [7, 11) is 0. The van der Waals surface area contributed by atoms with Crippen LogP contribution in [0.25, 0.3) is 11.0 Å². The zero-order valence-corrected chi connectivity index (χ0v) is 15.3. The Hall–Kier alpha value is -2.66. The molecule has 0 aliphatic carbocycles. The van der Waals surface area contributed by atoms with Crippen molar-refractivity contribution < 1.29 is 4.42 Å². The molecule has 0 unspecified atom stereocenters. The summed E-state index contributed by atoms with van der Waals surface area (Å²) >= 11 is 5.44. The summed E-state index contributed by atoms with van der Waals surface area (Å²) in [6, 6.07) is 13.3. The molecule has 2 N–H and O–H groups in total. The van der Waals surface area contributed by atoms with Gasteiger partial charge in [-0.25, -0.2) is 4.79 Å². The highest BCUT2D eigenvalue weighted by Crippen LogP contribution is 2.23. The molecular formula is C20H20N2O2S. The Morgan fingerprint density at radius 3 is 2.64 bits per heavy atom. The van der Waals surface area contributed by atoms with Crippen LogP contribution < -0.4 is 16.3 Å². The minimum Gasteiger partial charge on any atom is -0.423 e. The van der Waals surface area contributed by atoms with E-state index in [1.165, 1.54) is 11.6 Å². The molecule has 25 heavy (non-hydrogen) atoms. The van der Waals surface area contributed by atoms with Gasteiger partial charge in [-0.1, -0.05) is 25.1 Å². The van der Waals surface area contributed by atoms with E-state index in [1.807, 2.05) is 25.1 Å². The number of hydrogen-bond acceptors (Lipinski definition) is 3. The summed E-state index contributed by atoms with van der Waals surface area (Å²) in [5.74, 6) is 0. The number of fused-ring (bicyclic) bond motifs is 1. The Morgan fingerprint density at radius 2 is 1.88 bits per heavy atom. The van der Waals surface area contributed by atoms with Crippen LogP contribution in [0.3, 0.4) is 0 Å². The number of para-hydroxylation sites is 1. The molecule has 2 aromatic carbocycles. The number of anilines is 2. The van der Waals surface area contributed by atoms with Crippen molar-refractivity contribution in [1.29, 1.82) is 0 Å². The lowest BCUT2D eigenvalue weighted by Crippen LogP contribution is -2.20. The molecule has 128 valence electrons. The van der Waals surface area contributed by atoms with Crippen molar-refractivity contribution in [3.63, 3.8) is 0 Å². The van der Waals surface area contributed by atoms with E-state index in [0.29, 0.717) is 10.7 Å². The maximum Gasteiger partial charge on any atom is 0.336 e. The molecular weight excluding hydrogens is 332 g/mol. The maximum absolute atomic E-state index is 11.6. The van der Waals surface area contributed by atoms with Gasteiger partial charge in [-0.3, -0.25) is 0 Å². The van der Waals surface area contributed by atoms with E-state index in [9.17, 15) is 4.79 Å². The van der Waals surface area contributed by atoms with Crippen LogP contribution in [0.4, 0.5) is 11.4 Å². The summed E-state index contributed by atoms with van der Waals surface area (Å²) in [5.41, 5.74) is 5.24. The van der Waals surface area contributed by atoms with Crippen LogP contribution in [0.1, 0.15) is 23.6 Å². The molecule has 3 aromatic rings. The van der Waals surface area contributed by atoms with Gasteiger partial charge in [-0.05, 0) is 61.3 Å². The summed E-state index contributed by atoms with van der Waals surface area (Å²) in [5, 5.41) is 7.85. The Morgan fingerprint density at radius 1 is 1.08 bits per heavy atom. The topological polar surface area (TPSA) is 54.3 Å².